The fraction of sp³-hybridized carbons (Fsp3) is 0.500. The van der Waals surface area contributed by atoms with E-state index in [2.05, 4.69) is 10.3 Å². The van der Waals surface area contributed by atoms with Crippen LogP contribution in [0.15, 0.2) is 24.5 Å². The van der Waals surface area contributed by atoms with E-state index in [0.717, 1.165) is 18.4 Å². The van der Waals surface area contributed by atoms with Gasteiger partial charge in [0.2, 0.25) is 5.91 Å². The number of pyridine rings is 1. The van der Waals surface area contributed by atoms with Gasteiger partial charge in [0.05, 0.1) is 6.04 Å². The summed E-state index contributed by atoms with van der Waals surface area (Å²) in [7, 11) is 0. The van der Waals surface area contributed by atoms with Gasteiger partial charge in [0, 0.05) is 12.4 Å². The van der Waals surface area contributed by atoms with Crippen molar-refractivity contribution in [1.82, 2.24) is 10.3 Å². The van der Waals surface area contributed by atoms with Crippen LogP contribution < -0.4 is 11.1 Å². The van der Waals surface area contributed by atoms with Gasteiger partial charge in [-0.25, -0.2) is 4.79 Å². The minimum atomic E-state index is -1.03. The topological polar surface area (TPSA) is 105 Å². The van der Waals surface area contributed by atoms with E-state index in [-0.39, 0.29) is 0 Å². The van der Waals surface area contributed by atoms with E-state index in [1.54, 1.807) is 18.5 Å². The minimum absolute atomic E-state index is 0.333. The number of hydrogen-bond donors (Lipinski definition) is 3. The summed E-state index contributed by atoms with van der Waals surface area (Å²) in [5.41, 5.74) is 6.64. The van der Waals surface area contributed by atoms with Crippen LogP contribution in [0.5, 0.6) is 0 Å². The average Bonchev–Trinajstić information content (AvgIpc) is 2.43. The first-order chi connectivity index (χ1) is 9.54. The van der Waals surface area contributed by atoms with Crippen molar-refractivity contribution in [2.75, 3.05) is 0 Å². The van der Waals surface area contributed by atoms with Crippen LogP contribution in [0, 0.1) is 0 Å². The van der Waals surface area contributed by atoms with Gasteiger partial charge in [0.25, 0.3) is 0 Å². The number of carboxylic acid groups (broad SMARTS) is 1. The highest BCUT2D eigenvalue weighted by Gasteiger charge is 2.22. The largest absolute Gasteiger partial charge is 0.480 e. The highest BCUT2D eigenvalue weighted by molar-refractivity contribution is 5.86. The van der Waals surface area contributed by atoms with E-state index in [4.69, 9.17) is 10.8 Å². The number of nitrogens with two attached hydrogens (primary N) is 1. The molecule has 0 aliphatic rings. The monoisotopic (exact) mass is 279 g/mol. The molecule has 0 bridgehead atoms. The maximum Gasteiger partial charge on any atom is 0.326 e. The van der Waals surface area contributed by atoms with Crippen LogP contribution in [0.3, 0.4) is 0 Å². The molecule has 1 heterocycles. The zero-order valence-corrected chi connectivity index (χ0v) is 11.6. The van der Waals surface area contributed by atoms with Crippen molar-refractivity contribution >= 4 is 11.9 Å². The summed E-state index contributed by atoms with van der Waals surface area (Å²) < 4.78 is 0. The maximum absolute atomic E-state index is 11.9. The second kappa shape index (κ2) is 8.27. The van der Waals surface area contributed by atoms with Gasteiger partial charge in [-0.1, -0.05) is 25.8 Å². The summed E-state index contributed by atoms with van der Waals surface area (Å²) in [4.78, 5) is 26.9. The molecule has 0 saturated heterocycles. The molecule has 110 valence electrons. The predicted octanol–water partition coefficient (Wildman–Crippen LogP) is 0.711. The lowest BCUT2D eigenvalue weighted by atomic mass is 10.1. The van der Waals surface area contributed by atoms with Gasteiger partial charge in [0.15, 0.2) is 0 Å². The minimum Gasteiger partial charge on any atom is -0.480 e. The third-order valence-electron chi connectivity index (χ3n) is 2.98. The first-order valence-corrected chi connectivity index (χ1v) is 6.72. The fourth-order valence-corrected chi connectivity index (χ4v) is 1.81. The number of nitrogens with one attached hydrogen (secondary N) is 1. The summed E-state index contributed by atoms with van der Waals surface area (Å²) in [5.74, 6) is -1.47. The van der Waals surface area contributed by atoms with Crippen molar-refractivity contribution in [1.29, 1.82) is 0 Å². The molecule has 4 N–H and O–H groups in total. The van der Waals surface area contributed by atoms with Crippen LogP contribution in [0.4, 0.5) is 0 Å². The van der Waals surface area contributed by atoms with E-state index < -0.39 is 24.0 Å². The van der Waals surface area contributed by atoms with Crippen LogP contribution in [-0.2, 0) is 16.0 Å². The first-order valence-electron chi connectivity index (χ1n) is 6.72. The van der Waals surface area contributed by atoms with Gasteiger partial charge < -0.3 is 16.2 Å². The maximum atomic E-state index is 11.9. The highest BCUT2D eigenvalue weighted by Crippen LogP contribution is 2.03. The molecule has 0 aliphatic carbocycles. The van der Waals surface area contributed by atoms with E-state index in [9.17, 15) is 9.59 Å². The molecule has 0 radical (unpaired) electrons. The Hall–Kier alpha value is -1.95. The number of aliphatic carboxylic acids is 1. The zero-order valence-electron chi connectivity index (χ0n) is 11.6. The fourth-order valence-electron chi connectivity index (χ4n) is 1.81. The molecule has 6 heteroatoms. The molecular formula is C14H21N3O3. The van der Waals surface area contributed by atoms with Gasteiger partial charge in [-0.2, -0.15) is 0 Å². The zero-order chi connectivity index (χ0) is 15.0. The van der Waals surface area contributed by atoms with Gasteiger partial charge in [0.1, 0.15) is 6.04 Å². The lowest BCUT2D eigenvalue weighted by Gasteiger charge is -2.17. The molecule has 0 spiro atoms. The van der Waals surface area contributed by atoms with Crippen molar-refractivity contribution < 1.29 is 14.7 Å². The molecule has 20 heavy (non-hydrogen) atoms. The van der Waals surface area contributed by atoms with Gasteiger partial charge in [-0.15, -0.1) is 0 Å². The third kappa shape index (κ3) is 5.36. The molecule has 6 nitrogen and oxygen atoms in total. The summed E-state index contributed by atoms with van der Waals surface area (Å²) in [6.07, 6.45) is 5.65. The Morgan fingerprint density at radius 2 is 2.25 bits per heavy atom. The van der Waals surface area contributed by atoms with Crippen molar-refractivity contribution in [2.45, 2.75) is 44.7 Å². The van der Waals surface area contributed by atoms with Crippen LogP contribution in [0.25, 0.3) is 0 Å². The van der Waals surface area contributed by atoms with Gasteiger partial charge >= 0.3 is 5.97 Å². The second-order valence-corrected chi connectivity index (χ2v) is 4.71. The Kier molecular flexibility index (Phi) is 6.66. The van der Waals surface area contributed by atoms with Crippen LogP contribution in [0.1, 0.15) is 31.7 Å². The Morgan fingerprint density at radius 3 is 2.80 bits per heavy atom. The van der Waals surface area contributed by atoms with Crippen molar-refractivity contribution in [3.63, 3.8) is 0 Å². The molecular weight excluding hydrogens is 258 g/mol. The molecule has 2 atom stereocenters. The molecule has 1 aromatic heterocycles. The molecule has 0 aliphatic heterocycles. The highest BCUT2D eigenvalue weighted by atomic mass is 16.4. The number of amides is 1. The second-order valence-electron chi connectivity index (χ2n) is 4.71. The van der Waals surface area contributed by atoms with Crippen molar-refractivity contribution in [2.24, 2.45) is 5.73 Å². The van der Waals surface area contributed by atoms with Crippen LogP contribution in [-0.4, -0.2) is 34.1 Å². The Morgan fingerprint density at radius 1 is 1.50 bits per heavy atom. The number of hydrogen-bond acceptors (Lipinski definition) is 4. The molecule has 0 unspecified atom stereocenters. The van der Waals surface area contributed by atoms with E-state index in [1.807, 2.05) is 13.0 Å². The molecule has 1 rings (SSSR count). The first kappa shape index (κ1) is 16.1. The third-order valence-corrected chi connectivity index (χ3v) is 2.98. The number of unbranched alkanes of at least 4 members (excludes halogenated alkanes) is 1. The van der Waals surface area contributed by atoms with Crippen molar-refractivity contribution in [3.05, 3.63) is 30.1 Å². The van der Waals surface area contributed by atoms with E-state index in [0.29, 0.717) is 12.8 Å². The standard InChI is InChI=1S/C14H21N3O3/c1-2-3-6-12(14(19)20)17-13(18)11(15)8-10-5-4-7-16-9-10/h4-5,7,9,11-12H,2-3,6,8,15H2,1H3,(H,17,18)(H,19,20)/t11-,12-/m0/s1. The molecule has 1 aromatic rings. The molecule has 0 saturated carbocycles. The summed E-state index contributed by atoms with van der Waals surface area (Å²) in [6, 6.07) is 1.94. The van der Waals surface area contributed by atoms with Crippen LogP contribution >= 0.6 is 0 Å². The number of carbonyl (C=O) groups is 2. The molecule has 1 amide bonds. The normalized spacial score (nSPS) is 13.5. The van der Waals surface area contributed by atoms with E-state index in [1.165, 1.54) is 0 Å². The SMILES string of the molecule is CCCC[C@H](NC(=O)[C@@H](N)Cc1cccnc1)C(=O)O. The van der Waals surface area contributed by atoms with Gasteiger partial charge in [-0.3, -0.25) is 9.78 Å². The Bertz CT molecular complexity index is 437. The smallest absolute Gasteiger partial charge is 0.326 e. The van der Waals surface area contributed by atoms with Gasteiger partial charge in [-0.05, 0) is 24.5 Å². The molecule has 0 fully saturated rings. The molecule has 0 aromatic carbocycles. The Balaban J connectivity index is 2.53. The summed E-state index contributed by atoms with van der Waals surface area (Å²) in [6.45, 7) is 1.97. The van der Waals surface area contributed by atoms with Crippen LogP contribution in [0.2, 0.25) is 0 Å². The predicted molar refractivity (Wildman–Crippen MR) is 75.0 cm³/mol. The number of carboxylic acids is 1. The summed E-state index contributed by atoms with van der Waals surface area (Å²) >= 11 is 0. The van der Waals surface area contributed by atoms with Crippen molar-refractivity contribution in [3.8, 4) is 0 Å². The quantitative estimate of drug-likeness (QED) is 0.650. The number of nitrogens with zero attached hydrogens (tertiary/aromatic N) is 1. The number of carbonyl (C=O) groups excluding carboxylic acids is 1. The number of rotatable bonds is 8. The summed E-state index contributed by atoms with van der Waals surface area (Å²) in [5, 5.41) is 11.5. The lowest BCUT2D eigenvalue weighted by Crippen LogP contribution is -2.49. The number of aromatic nitrogens is 1. The average molecular weight is 279 g/mol. The lowest BCUT2D eigenvalue weighted by molar-refractivity contribution is -0.142. The van der Waals surface area contributed by atoms with E-state index >= 15 is 0 Å². The Labute approximate surface area is 118 Å².